The van der Waals surface area contributed by atoms with E-state index in [0.29, 0.717) is 5.88 Å². The molecule has 2 aromatic rings. The lowest BCUT2D eigenvalue weighted by Crippen LogP contribution is -2.21. The molecule has 0 spiro atoms. The van der Waals surface area contributed by atoms with E-state index >= 15 is 0 Å². The number of alkyl halides is 1. The second-order valence-corrected chi connectivity index (χ2v) is 6.07. The molecule has 5 heteroatoms. The van der Waals surface area contributed by atoms with Crippen LogP contribution in [0.4, 0.5) is 5.82 Å². The van der Waals surface area contributed by atoms with E-state index in [1.807, 2.05) is 0 Å². The first kappa shape index (κ1) is 11.4. The molecule has 1 aliphatic rings. The molecule has 92 valence electrons. The van der Waals surface area contributed by atoms with E-state index in [1.165, 1.54) is 0 Å². The number of halogens is 1. The molecule has 2 aromatic heterocycles. The van der Waals surface area contributed by atoms with Gasteiger partial charge in [0.15, 0.2) is 10.8 Å². The molecule has 1 aliphatic heterocycles. The number of fused-ring (bicyclic) bond motifs is 1. The molecule has 0 aromatic carbocycles. The third kappa shape index (κ3) is 1.74. The zero-order chi connectivity index (χ0) is 12.0. The van der Waals surface area contributed by atoms with Crippen LogP contribution in [0.5, 0.6) is 0 Å². The van der Waals surface area contributed by atoms with Gasteiger partial charge in [-0.05, 0) is 11.8 Å². The van der Waals surface area contributed by atoms with Crippen LogP contribution in [0.15, 0.2) is 11.6 Å². The molecule has 1 fully saturated rings. The minimum atomic E-state index is 0.520. The van der Waals surface area contributed by atoms with Gasteiger partial charge in [0.25, 0.3) is 0 Å². The van der Waals surface area contributed by atoms with E-state index in [1.54, 1.807) is 11.3 Å². The Labute approximate surface area is 110 Å². The van der Waals surface area contributed by atoms with Gasteiger partial charge < -0.3 is 4.90 Å². The number of nitrogens with zero attached hydrogens (tertiary/aromatic N) is 3. The molecule has 0 amide bonds. The maximum absolute atomic E-state index is 6.08. The fraction of sp³-hybridized carbons (Fsp3) is 0.583. The molecule has 2 atom stereocenters. The first-order valence-electron chi connectivity index (χ1n) is 5.96. The number of imidazole rings is 1. The largest absolute Gasteiger partial charge is 0.354 e. The molecule has 17 heavy (non-hydrogen) atoms. The van der Waals surface area contributed by atoms with Gasteiger partial charge in [0.05, 0.1) is 11.6 Å². The van der Waals surface area contributed by atoms with Crippen molar-refractivity contribution in [3.05, 3.63) is 17.3 Å². The van der Waals surface area contributed by atoms with Gasteiger partial charge in [-0.15, -0.1) is 22.9 Å². The summed E-state index contributed by atoms with van der Waals surface area (Å²) in [5.74, 6) is 3.07. The van der Waals surface area contributed by atoms with Crippen molar-refractivity contribution >= 4 is 33.7 Å². The van der Waals surface area contributed by atoms with Gasteiger partial charge in [0.2, 0.25) is 0 Å². The summed E-state index contributed by atoms with van der Waals surface area (Å²) in [6.07, 6.45) is 2.05. The van der Waals surface area contributed by atoms with Crippen LogP contribution in [0.25, 0.3) is 4.96 Å². The van der Waals surface area contributed by atoms with Gasteiger partial charge in [-0.3, -0.25) is 4.40 Å². The standard InChI is InChI=1S/C12H16ClN3S/c1-8-6-15(7-9(8)2)11-10(5-13)16-3-4-17-12(16)14-11/h3-4,8-9H,5-7H2,1-2H3. The predicted octanol–water partition coefficient (Wildman–Crippen LogP) is 3.23. The van der Waals surface area contributed by atoms with Gasteiger partial charge in [0, 0.05) is 24.7 Å². The zero-order valence-corrected chi connectivity index (χ0v) is 11.6. The monoisotopic (exact) mass is 269 g/mol. The smallest absolute Gasteiger partial charge is 0.195 e. The van der Waals surface area contributed by atoms with Crippen molar-refractivity contribution in [2.24, 2.45) is 11.8 Å². The second kappa shape index (κ2) is 4.18. The van der Waals surface area contributed by atoms with Crippen LogP contribution in [-0.2, 0) is 5.88 Å². The molecule has 0 aliphatic carbocycles. The van der Waals surface area contributed by atoms with Crippen LogP contribution in [0.3, 0.4) is 0 Å². The van der Waals surface area contributed by atoms with E-state index < -0.39 is 0 Å². The Bertz CT molecular complexity index is 523. The highest BCUT2D eigenvalue weighted by molar-refractivity contribution is 7.15. The van der Waals surface area contributed by atoms with Gasteiger partial charge in [-0.1, -0.05) is 13.8 Å². The highest BCUT2D eigenvalue weighted by atomic mass is 35.5. The Kier molecular flexibility index (Phi) is 2.79. The van der Waals surface area contributed by atoms with Gasteiger partial charge in [-0.25, -0.2) is 4.98 Å². The zero-order valence-electron chi connectivity index (χ0n) is 10.1. The van der Waals surface area contributed by atoms with Crippen molar-refractivity contribution in [2.45, 2.75) is 19.7 Å². The van der Waals surface area contributed by atoms with Crippen molar-refractivity contribution < 1.29 is 0 Å². The maximum atomic E-state index is 6.08. The normalized spacial score (nSPS) is 25.0. The summed E-state index contributed by atoms with van der Waals surface area (Å²) in [5, 5.41) is 2.05. The Morgan fingerprint density at radius 3 is 2.76 bits per heavy atom. The Balaban J connectivity index is 2.02. The molecule has 3 rings (SSSR count). The molecule has 3 heterocycles. The third-order valence-corrected chi connectivity index (χ3v) is 4.76. The lowest BCUT2D eigenvalue weighted by atomic mass is 10.0. The summed E-state index contributed by atoms with van der Waals surface area (Å²) in [6, 6.07) is 0. The molecule has 3 nitrogen and oxygen atoms in total. The summed E-state index contributed by atoms with van der Waals surface area (Å²) in [7, 11) is 0. The van der Waals surface area contributed by atoms with Crippen LogP contribution in [0.1, 0.15) is 19.5 Å². The lowest BCUT2D eigenvalue weighted by Gasteiger charge is -2.16. The molecule has 0 radical (unpaired) electrons. The van der Waals surface area contributed by atoms with E-state index in [2.05, 4.69) is 34.7 Å². The average molecular weight is 270 g/mol. The molecule has 0 bridgehead atoms. The van der Waals surface area contributed by atoms with Gasteiger partial charge >= 0.3 is 0 Å². The van der Waals surface area contributed by atoms with Crippen molar-refractivity contribution in [3.8, 4) is 0 Å². The van der Waals surface area contributed by atoms with Crippen molar-refractivity contribution in [2.75, 3.05) is 18.0 Å². The topological polar surface area (TPSA) is 20.5 Å². The maximum Gasteiger partial charge on any atom is 0.195 e. The minimum Gasteiger partial charge on any atom is -0.354 e. The molecule has 1 saturated heterocycles. The van der Waals surface area contributed by atoms with Gasteiger partial charge in [-0.2, -0.15) is 0 Å². The highest BCUT2D eigenvalue weighted by Crippen LogP contribution is 2.32. The summed E-state index contributed by atoms with van der Waals surface area (Å²) >= 11 is 7.74. The van der Waals surface area contributed by atoms with Crippen LogP contribution in [0, 0.1) is 11.8 Å². The highest BCUT2D eigenvalue weighted by Gasteiger charge is 2.29. The quantitative estimate of drug-likeness (QED) is 0.781. The number of rotatable bonds is 2. The number of aromatic nitrogens is 2. The van der Waals surface area contributed by atoms with E-state index in [9.17, 15) is 0 Å². The average Bonchev–Trinajstić information content (AvgIpc) is 2.93. The fourth-order valence-corrected chi connectivity index (χ4v) is 3.48. The number of thiazole rings is 1. The second-order valence-electron chi connectivity index (χ2n) is 4.93. The molecule has 2 unspecified atom stereocenters. The Morgan fingerprint density at radius 2 is 2.12 bits per heavy atom. The fourth-order valence-electron chi connectivity index (χ4n) is 2.50. The third-order valence-electron chi connectivity index (χ3n) is 3.75. The molecule has 0 saturated carbocycles. The number of anilines is 1. The van der Waals surface area contributed by atoms with E-state index in [0.717, 1.165) is 41.4 Å². The minimum absolute atomic E-state index is 0.520. The Morgan fingerprint density at radius 1 is 1.41 bits per heavy atom. The van der Waals surface area contributed by atoms with Crippen LogP contribution in [0.2, 0.25) is 0 Å². The lowest BCUT2D eigenvalue weighted by molar-refractivity contribution is 0.494. The molecular formula is C12H16ClN3S. The molecular weight excluding hydrogens is 254 g/mol. The van der Waals surface area contributed by atoms with Crippen LogP contribution < -0.4 is 4.90 Å². The van der Waals surface area contributed by atoms with Crippen molar-refractivity contribution in [1.29, 1.82) is 0 Å². The Hall–Kier alpha value is -0.740. The predicted molar refractivity (Wildman–Crippen MR) is 73.2 cm³/mol. The van der Waals surface area contributed by atoms with Crippen molar-refractivity contribution in [1.82, 2.24) is 9.38 Å². The SMILES string of the molecule is CC1CN(c2nc3sccn3c2CCl)CC1C. The number of hydrogen-bond acceptors (Lipinski definition) is 3. The first-order chi connectivity index (χ1) is 8.20. The van der Waals surface area contributed by atoms with E-state index in [4.69, 9.17) is 16.6 Å². The van der Waals surface area contributed by atoms with E-state index in [-0.39, 0.29) is 0 Å². The van der Waals surface area contributed by atoms with Crippen LogP contribution in [-0.4, -0.2) is 22.5 Å². The van der Waals surface area contributed by atoms with Gasteiger partial charge in [0.1, 0.15) is 0 Å². The molecule has 0 N–H and O–H groups in total. The first-order valence-corrected chi connectivity index (χ1v) is 7.37. The summed E-state index contributed by atoms with van der Waals surface area (Å²) in [4.78, 5) is 8.14. The van der Waals surface area contributed by atoms with Crippen LogP contribution >= 0.6 is 22.9 Å². The van der Waals surface area contributed by atoms with Crippen molar-refractivity contribution in [3.63, 3.8) is 0 Å². The summed E-state index contributed by atoms with van der Waals surface area (Å²) in [5.41, 5.74) is 1.13. The summed E-state index contributed by atoms with van der Waals surface area (Å²) in [6.45, 7) is 6.80. The summed E-state index contributed by atoms with van der Waals surface area (Å²) < 4.78 is 2.11. The number of hydrogen-bond donors (Lipinski definition) is 0.